The third-order valence-corrected chi connectivity index (χ3v) is 8.71. The molecule has 1 aliphatic carbocycles. The maximum Gasteiger partial charge on any atom is 0.132 e. The first kappa shape index (κ1) is 18.5. The topological polar surface area (TPSA) is 47.7 Å². The molecule has 1 aliphatic heterocycles. The number of aromatic nitrogens is 4. The summed E-state index contributed by atoms with van der Waals surface area (Å²) in [6.45, 7) is 7.71. The largest absolute Gasteiger partial charge is 0.327 e. The fourth-order valence-corrected chi connectivity index (χ4v) is 6.97. The highest BCUT2D eigenvalue weighted by Crippen LogP contribution is 2.54. The number of nitrogens with zero attached hydrogens (tertiary/aromatic N) is 4. The summed E-state index contributed by atoms with van der Waals surface area (Å²) < 4.78 is 5.48. The maximum absolute atomic E-state index is 5.01. The van der Waals surface area contributed by atoms with Gasteiger partial charge in [-0.1, -0.05) is 6.07 Å². The van der Waals surface area contributed by atoms with Crippen molar-refractivity contribution in [3.8, 4) is 11.3 Å². The Labute approximate surface area is 182 Å². The monoisotopic (exact) mass is 557 g/mol. The van der Waals surface area contributed by atoms with Crippen LogP contribution in [0.3, 0.4) is 0 Å². The minimum Gasteiger partial charge on any atom is -0.327 e. The summed E-state index contributed by atoms with van der Waals surface area (Å²) in [5.41, 5.74) is 5.50. The third kappa shape index (κ3) is 2.75. The molecule has 142 valence electrons. The molecule has 1 atom stereocenters. The van der Waals surface area contributed by atoms with Gasteiger partial charge in [-0.3, -0.25) is 0 Å². The van der Waals surface area contributed by atoms with Crippen molar-refractivity contribution < 1.29 is 0 Å². The SMILES string of the molecule is CCn1c(C2CC3(CNC3)C2)nc(Br)c1-c1c(C)ccc2c1cnn2PI. The number of fused-ring (bicyclic) bond motifs is 1. The third-order valence-electron chi connectivity index (χ3n) is 6.27. The minimum absolute atomic E-state index is 0.556. The zero-order chi connectivity index (χ0) is 18.8. The number of aryl methyl sites for hydroxylation is 1. The van der Waals surface area contributed by atoms with Crippen molar-refractivity contribution >= 4 is 55.2 Å². The van der Waals surface area contributed by atoms with E-state index in [4.69, 9.17) is 4.98 Å². The van der Waals surface area contributed by atoms with Crippen LogP contribution in [-0.2, 0) is 6.54 Å². The van der Waals surface area contributed by atoms with E-state index in [0.717, 1.165) is 11.1 Å². The van der Waals surface area contributed by atoms with Gasteiger partial charge >= 0.3 is 0 Å². The van der Waals surface area contributed by atoms with Crippen LogP contribution >= 0.6 is 44.3 Å². The summed E-state index contributed by atoms with van der Waals surface area (Å²) >= 11 is 6.19. The van der Waals surface area contributed by atoms with Gasteiger partial charge in [0.05, 0.1) is 23.8 Å². The fourth-order valence-electron chi connectivity index (χ4n) is 4.84. The van der Waals surface area contributed by atoms with E-state index >= 15 is 0 Å². The molecule has 8 heteroatoms. The van der Waals surface area contributed by atoms with Crippen molar-refractivity contribution in [2.24, 2.45) is 5.41 Å². The van der Waals surface area contributed by atoms with Gasteiger partial charge < -0.3 is 9.88 Å². The van der Waals surface area contributed by atoms with Crippen LogP contribution in [-0.4, -0.2) is 32.2 Å². The van der Waals surface area contributed by atoms with Gasteiger partial charge in [-0.2, -0.15) is 5.10 Å². The molecule has 1 unspecified atom stereocenters. The van der Waals surface area contributed by atoms with Crippen LogP contribution < -0.4 is 5.32 Å². The molecule has 5 rings (SSSR count). The molecule has 1 saturated heterocycles. The van der Waals surface area contributed by atoms with E-state index in [0.29, 0.717) is 17.7 Å². The van der Waals surface area contributed by atoms with Gasteiger partial charge in [0.2, 0.25) is 0 Å². The number of hydrogen-bond acceptors (Lipinski definition) is 3. The summed E-state index contributed by atoms with van der Waals surface area (Å²) in [5, 5.41) is 9.26. The number of imidazole rings is 1. The molecule has 2 fully saturated rings. The van der Waals surface area contributed by atoms with E-state index in [1.165, 1.54) is 59.5 Å². The van der Waals surface area contributed by atoms with E-state index in [9.17, 15) is 0 Å². The number of rotatable bonds is 4. The summed E-state index contributed by atoms with van der Waals surface area (Å²) in [6.07, 6.45) is 5.14. The van der Waals surface area contributed by atoms with E-state index in [-0.39, 0.29) is 0 Å². The lowest BCUT2D eigenvalue weighted by molar-refractivity contribution is 0.0318. The zero-order valence-electron chi connectivity index (χ0n) is 15.4. The van der Waals surface area contributed by atoms with Crippen molar-refractivity contribution in [3.63, 3.8) is 0 Å². The first-order valence-corrected chi connectivity index (χ1v) is 14.2. The first-order chi connectivity index (χ1) is 13.1. The van der Waals surface area contributed by atoms with Gasteiger partial charge in [-0.25, -0.2) is 9.44 Å². The van der Waals surface area contributed by atoms with Gasteiger partial charge in [0.15, 0.2) is 0 Å². The summed E-state index contributed by atoms with van der Waals surface area (Å²) in [6, 6.07) is 4.40. The highest BCUT2D eigenvalue weighted by Gasteiger charge is 2.50. The van der Waals surface area contributed by atoms with E-state index in [2.05, 4.69) is 83.4 Å². The Morgan fingerprint density at radius 2 is 2.15 bits per heavy atom. The molecule has 3 heterocycles. The van der Waals surface area contributed by atoms with Crippen LogP contribution in [0.4, 0.5) is 0 Å². The maximum atomic E-state index is 5.01. The molecule has 0 radical (unpaired) electrons. The normalized spacial score (nSPS) is 19.3. The molecule has 3 aromatic rings. The summed E-state index contributed by atoms with van der Waals surface area (Å²) in [4.78, 5) is 5.01. The van der Waals surface area contributed by atoms with Crippen LogP contribution in [0.25, 0.3) is 22.2 Å². The highest BCUT2D eigenvalue weighted by molar-refractivity contribution is 14.2. The van der Waals surface area contributed by atoms with Gasteiger partial charge in [0.25, 0.3) is 0 Å². The Morgan fingerprint density at radius 1 is 1.37 bits per heavy atom. The molecule has 1 N–H and O–H groups in total. The second-order valence-corrected chi connectivity index (χ2v) is 10.7. The molecule has 0 bridgehead atoms. The smallest absolute Gasteiger partial charge is 0.132 e. The van der Waals surface area contributed by atoms with E-state index < -0.39 is 0 Å². The Kier molecular flexibility index (Phi) is 4.65. The zero-order valence-corrected chi connectivity index (χ0v) is 20.1. The molecule has 1 spiro atoms. The summed E-state index contributed by atoms with van der Waals surface area (Å²) in [7, 11) is 0. The number of hydrogen-bond donors (Lipinski definition) is 1. The second-order valence-electron chi connectivity index (χ2n) is 7.89. The Balaban J connectivity index is 1.64. The van der Waals surface area contributed by atoms with Gasteiger partial charge in [0, 0.05) is 36.5 Å². The average molecular weight is 558 g/mol. The number of benzene rings is 1. The molecule has 27 heavy (non-hydrogen) atoms. The van der Waals surface area contributed by atoms with Crippen LogP contribution in [0.5, 0.6) is 0 Å². The standard InChI is InChI=1S/C19H22BrIN5P/c1-3-25-16(15-11(2)4-5-14-13(15)8-23-26(14)27-21)17(20)24-18(25)12-6-19(7-12)9-22-10-19/h4-5,8,12,22,27H,3,6-7,9-10H2,1-2H3. The number of nitrogens with one attached hydrogen (secondary N) is 1. The van der Waals surface area contributed by atoms with Crippen LogP contribution in [0.2, 0.25) is 0 Å². The predicted octanol–water partition coefficient (Wildman–Crippen LogP) is 5.25. The van der Waals surface area contributed by atoms with Crippen molar-refractivity contribution in [1.82, 2.24) is 24.4 Å². The van der Waals surface area contributed by atoms with E-state index in [1.54, 1.807) is 0 Å². The lowest BCUT2D eigenvalue weighted by Crippen LogP contribution is -2.59. The number of halogens is 2. The highest BCUT2D eigenvalue weighted by atomic mass is 127. The summed E-state index contributed by atoms with van der Waals surface area (Å²) in [5.74, 6) is 1.83. The van der Waals surface area contributed by atoms with Crippen LogP contribution in [0.15, 0.2) is 22.9 Å². The fraction of sp³-hybridized carbons (Fsp3) is 0.474. The molecule has 2 aliphatic rings. The molecule has 0 amide bonds. The lowest BCUT2D eigenvalue weighted by atomic mass is 9.58. The van der Waals surface area contributed by atoms with Gasteiger partial charge in [0.1, 0.15) is 10.4 Å². The Hall–Kier alpha value is -0.500. The lowest BCUT2D eigenvalue weighted by Gasteiger charge is -2.54. The molecule has 1 saturated carbocycles. The molecular weight excluding hydrogens is 536 g/mol. The van der Waals surface area contributed by atoms with Crippen molar-refractivity contribution in [1.29, 1.82) is 0 Å². The van der Waals surface area contributed by atoms with Gasteiger partial charge in [-0.15, -0.1) is 0 Å². The van der Waals surface area contributed by atoms with Crippen LogP contribution in [0.1, 0.15) is 37.1 Å². The Bertz CT molecular complexity index is 1030. The minimum atomic E-state index is 0.556. The van der Waals surface area contributed by atoms with Gasteiger partial charge in [-0.05, 0) is 81.7 Å². The quantitative estimate of drug-likeness (QED) is 0.352. The van der Waals surface area contributed by atoms with Crippen LogP contribution in [0, 0.1) is 12.3 Å². The van der Waals surface area contributed by atoms with Crippen molar-refractivity contribution in [2.45, 2.75) is 39.2 Å². The average Bonchev–Trinajstić information content (AvgIpc) is 3.13. The van der Waals surface area contributed by atoms with Crippen molar-refractivity contribution in [3.05, 3.63) is 34.3 Å². The first-order valence-electron chi connectivity index (χ1n) is 9.38. The molecular formula is C19H22BrIN5P. The second kappa shape index (κ2) is 6.78. The predicted molar refractivity (Wildman–Crippen MR) is 124 cm³/mol. The Morgan fingerprint density at radius 3 is 2.78 bits per heavy atom. The molecule has 2 aromatic heterocycles. The van der Waals surface area contributed by atoms with Crippen molar-refractivity contribution in [2.75, 3.05) is 13.1 Å². The molecule has 1 aromatic carbocycles. The van der Waals surface area contributed by atoms with E-state index in [1.807, 2.05) is 6.20 Å². The molecule has 5 nitrogen and oxygen atoms in total.